The Hall–Kier alpha value is 0.170. The summed E-state index contributed by atoms with van der Waals surface area (Å²) in [7, 11) is 2.91. The molecular weight excluding hydrogens is 163 g/mol. The molecule has 1 unspecified atom stereocenters. The predicted molar refractivity (Wildman–Crippen MR) is 61.3 cm³/mol. The van der Waals surface area contributed by atoms with Crippen LogP contribution in [0.5, 0.6) is 0 Å². The lowest BCUT2D eigenvalue weighted by Crippen LogP contribution is -2.00. The van der Waals surface area contributed by atoms with E-state index < -0.39 is 0 Å². The van der Waals surface area contributed by atoms with Crippen molar-refractivity contribution in [3.05, 3.63) is 10.9 Å². The van der Waals surface area contributed by atoms with Gasteiger partial charge in [-0.2, -0.15) is 0 Å². The predicted octanol–water partition coefficient (Wildman–Crippen LogP) is 4.23. The Morgan fingerprint density at radius 3 is 1.83 bits per heavy atom. The molecule has 0 rings (SSSR count). The molecule has 0 aromatic carbocycles. The highest BCUT2D eigenvalue weighted by Crippen LogP contribution is 2.29. The summed E-state index contributed by atoms with van der Waals surface area (Å²) in [6.45, 7) is 11.4. The van der Waals surface area contributed by atoms with Gasteiger partial charge in [-0.15, -0.1) is 9.24 Å². The standard InChI is InChI=1S/C11H23P/c1-6-7-10(8(2)3)11(12)9(4)5/h8-9H,6-7,12H2,1-5H3. The van der Waals surface area contributed by atoms with Gasteiger partial charge in [-0.05, 0) is 18.3 Å². The molecule has 1 atom stereocenters. The van der Waals surface area contributed by atoms with Gasteiger partial charge in [-0.3, -0.25) is 0 Å². The second-order valence-electron chi connectivity index (χ2n) is 4.04. The van der Waals surface area contributed by atoms with E-state index in [1.54, 1.807) is 5.57 Å². The Kier molecular flexibility index (Phi) is 5.84. The highest BCUT2D eigenvalue weighted by atomic mass is 31.0. The maximum atomic E-state index is 2.91. The van der Waals surface area contributed by atoms with Gasteiger partial charge in [0.25, 0.3) is 0 Å². The quantitative estimate of drug-likeness (QED) is 0.576. The van der Waals surface area contributed by atoms with Gasteiger partial charge in [0, 0.05) is 0 Å². The van der Waals surface area contributed by atoms with Crippen LogP contribution in [0.1, 0.15) is 47.5 Å². The number of hydrogen-bond donors (Lipinski definition) is 0. The summed E-state index contributed by atoms with van der Waals surface area (Å²) < 4.78 is 0. The zero-order valence-electron chi connectivity index (χ0n) is 9.15. The van der Waals surface area contributed by atoms with Crippen molar-refractivity contribution in [1.82, 2.24) is 0 Å². The molecule has 72 valence electrons. The minimum absolute atomic E-state index is 0.680. The molecule has 0 saturated carbocycles. The van der Waals surface area contributed by atoms with E-state index in [1.165, 1.54) is 18.2 Å². The third kappa shape index (κ3) is 3.72. The Balaban J connectivity index is 4.55. The van der Waals surface area contributed by atoms with Crippen molar-refractivity contribution in [3.63, 3.8) is 0 Å². The molecule has 12 heavy (non-hydrogen) atoms. The first-order chi connectivity index (χ1) is 5.50. The molecule has 0 bridgehead atoms. The smallest absolute Gasteiger partial charge is 0.0220 e. The molecule has 0 amide bonds. The number of allylic oxidation sites excluding steroid dienone is 2. The Bertz CT molecular complexity index is 154. The van der Waals surface area contributed by atoms with E-state index in [-0.39, 0.29) is 0 Å². The van der Waals surface area contributed by atoms with Crippen LogP contribution in [0.3, 0.4) is 0 Å². The summed E-state index contributed by atoms with van der Waals surface area (Å²) >= 11 is 0. The van der Waals surface area contributed by atoms with Gasteiger partial charge in [0.05, 0.1) is 0 Å². The van der Waals surface area contributed by atoms with Crippen LogP contribution >= 0.6 is 9.24 Å². The molecule has 0 fully saturated rings. The number of rotatable bonds is 4. The van der Waals surface area contributed by atoms with E-state index in [4.69, 9.17) is 0 Å². The van der Waals surface area contributed by atoms with Gasteiger partial charge in [0.1, 0.15) is 0 Å². The number of hydrogen-bond acceptors (Lipinski definition) is 0. The summed E-state index contributed by atoms with van der Waals surface area (Å²) in [5, 5.41) is 1.52. The summed E-state index contributed by atoms with van der Waals surface area (Å²) in [4.78, 5) is 0. The van der Waals surface area contributed by atoms with Crippen molar-refractivity contribution >= 4 is 9.24 Å². The summed E-state index contributed by atoms with van der Waals surface area (Å²) in [5.41, 5.74) is 1.64. The minimum Gasteiger partial charge on any atom is -0.110 e. The van der Waals surface area contributed by atoms with Gasteiger partial charge >= 0.3 is 0 Å². The first-order valence-corrected chi connectivity index (χ1v) is 5.56. The SMILES string of the molecule is CCCC(=C(P)C(C)C)C(C)C. The van der Waals surface area contributed by atoms with Crippen LogP contribution in [0.2, 0.25) is 0 Å². The topological polar surface area (TPSA) is 0 Å². The maximum absolute atomic E-state index is 2.91. The summed E-state index contributed by atoms with van der Waals surface area (Å²) in [6.07, 6.45) is 2.52. The molecule has 0 aliphatic carbocycles. The highest BCUT2D eigenvalue weighted by Gasteiger charge is 2.08. The zero-order chi connectivity index (χ0) is 9.72. The molecule has 0 aliphatic heterocycles. The van der Waals surface area contributed by atoms with E-state index in [9.17, 15) is 0 Å². The van der Waals surface area contributed by atoms with Crippen molar-refractivity contribution < 1.29 is 0 Å². The normalized spacial score (nSPS) is 14.0. The van der Waals surface area contributed by atoms with Crippen LogP contribution in [0.15, 0.2) is 10.9 Å². The van der Waals surface area contributed by atoms with Gasteiger partial charge in [0.2, 0.25) is 0 Å². The lowest BCUT2D eigenvalue weighted by Gasteiger charge is -2.17. The van der Waals surface area contributed by atoms with Gasteiger partial charge in [-0.1, -0.05) is 51.9 Å². The molecule has 0 radical (unpaired) electrons. The third-order valence-corrected chi connectivity index (χ3v) is 3.25. The van der Waals surface area contributed by atoms with Crippen molar-refractivity contribution in [2.75, 3.05) is 0 Å². The van der Waals surface area contributed by atoms with E-state index in [2.05, 4.69) is 43.9 Å². The molecule has 1 heteroatoms. The van der Waals surface area contributed by atoms with Crippen LogP contribution in [-0.2, 0) is 0 Å². The van der Waals surface area contributed by atoms with E-state index in [0.717, 1.165) is 0 Å². The summed E-state index contributed by atoms with van der Waals surface area (Å²) in [6, 6.07) is 0. The largest absolute Gasteiger partial charge is 0.110 e. The van der Waals surface area contributed by atoms with Crippen LogP contribution < -0.4 is 0 Å². The fourth-order valence-electron chi connectivity index (χ4n) is 1.41. The van der Waals surface area contributed by atoms with Gasteiger partial charge in [0.15, 0.2) is 0 Å². The summed E-state index contributed by atoms with van der Waals surface area (Å²) in [5.74, 6) is 1.39. The van der Waals surface area contributed by atoms with E-state index in [0.29, 0.717) is 11.8 Å². The fourth-order valence-corrected chi connectivity index (χ4v) is 1.88. The zero-order valence-corrected chi connectivity index (χ0v) is 10.3. The fraction of sp³-hybridized carbons (Fsp3) is 0.818. The van der Waals surface area contributed by atoms with Crippen LogP contribution in [0.25, 0.3) is 0 Å². The molecule has 0 aromatic rings. The molecule has 0 heterocycles. The monoisotopic (exact) mass is 186 g/mol. The van der Waals surface area contributed by atoms with Crippen LogP contribution in [0.4, 0.5) is 0 Å². The average molecular weight is 186 g/mol. The lowest BCUT2D eigenvalue weighted by atomic mass is 9.95. The van der Waals surface area contributed by atoms with Crippen molar-refractivity contribution in [1.29, 1.82) is 0 Å². The van der Waals surface area contributed by atoms with Crippen molar-refractivity contribution in [3.8, 4) is 0 Å². The average Bonchev–Trinajstić information content (AvgIpc) is 1.98. The Labute approximate surface area is 80.0 Å². The van der Waals surface area contributed by atoms with E-state index in [1.807, 2.05) is 0 Å². The molecule has 0 aromatic heterocycles. The Morgan fingerprint density at radius 2 is 1.58 bits per heavy atom. The van der Waals surface area contributed by atoms with E-state index >= 15 is 0 Å². The molecule has 0 N–H and O–H groups in total. The second kappa shape index (κ2) is 5.75. The molecule has 0 aliphatic rings. The highest BCUT2D eigenvalue weighted by molar-refractivity contribution is 7.22. The third-order valence-electron chi connectivity index (χ3n) is 2.21. The second-order valence-corrected chi connectivity index (χ2v) is 4.66. The maximum Gasteiger partial charge on any atom is -0.0220 e. The molecular formula is C11H23P. The first kappa shape index (κ1) is 12.2. The molecule has 0 spiro atoms. The minimum atomic E-state index is 0.680. The first-order valence-electron chi connectivity index (χ1n) is 4.99. The Morgan fingerprint density at radius 1 is 1.08 bits per heavy atom. The van der Waals surface area contributed by atoms with Crippen LogP contribution in [-0.4, -0.2) is 0 Å². The van der Waals surface area contributed by atoms with Crippen molar-refractivity contribution in [2.24, 2.45) is 11.8 Å². The molecule has 0 nitrogen and oxygen atoms in total. The van der Waals surface area contributed by atoms with Gasteiger partial charge in [-0.25, -0.2) is 0 Å². The lowest BCUT2D eigenvalue weighted by molar-refractivity contribution is 0.670. The molecule has 0 saturated heterocycles. The van der Waals surface area contributed by atoms with Crippen molar-refractivity contribution in [2.45, 2.75) is 47.5 Å². The van der Waals surface area contributed by atoms with Gasteiger partial charge < -0.3 is 0 Å². The van der Waals surface area contributed by atoms with Crippen LogP contribution in [0, 0.1) is 11.8 Å².